The van der Waals surface area contributed by atoms with Gasteiger partial charge in [-0.2, -0.15) is 0 Å². The lowest BCUT2D eigenvalue weighted by molar-refractivity contribution is 0.416. The van der Waals surface area contributed by atoms with Gasteiger partial charge < -0.3 is 10.5 Å². The number of benzene rings is 1. The third-order valence-electron chi connectivity index (χ3n) is 2.64. The van der Waals surface area contributed by atoms with Crippen LogP contribution in [0.1, 0.15) is 16.5 Å². The molecule has 0 fully saturated rings. The maximum atomic E-state index is 13.0. The van der Waals surface area contributed by atoms with Gasteiger partial charge in [0.2, 0.25) is 0 Å². The van der Waals surface area contributed by atoms with Gasteiger partial charge in [-0.1, -0.05) is 17.7 Å². The first-order valence-electron chi connectivity index (χ1n) is 5.42. The fourth-order valence-corrected chi connectivity index (χ4v) is 2.72. The molecule has 0 bridgehead atoms. The molecule has 96 valence electrons. The Morgan fingerprint density at radius 2 is 2.22 bits per heavy atom. The first kappa shape index (κ1) is 13.3. The molecule has 18 heavy (non-hydrogen) atoms. The number of halogens is 2. The van der Waals surface area contributed by atoms with Crippen molar-refractivity contribution in [3.63, 3.8) is 0 Å². The van der Waals surface area contributed by atoms with Crippen molar-refractivity contribution < 1.29 is 9.13 Å². The zero-order chi connectivity index (χ0) is 13.1. The van der Waals surface area contributed by atoms with E-state index in [0.29, 0.717) is 6.42 Å². The van der Waals surface area contributed by atoms with Gasteiger partial charge in [-0.05, 0) is 30.2 Å². The van der Waals surface area contributed by atoms with E-state index >= 15 is 0 Å². The van der Waals surface area contributed by atoms with Crippen molar-refractivity contribution in [2.75, 3.05) is 7.11 Å². The Labute approximate surface area is 114 Å². The lowest BCUT2D eigenvalue weighted by atomic mass is 10.1. The van der Waals surface area contributed by atoms with Gasteiger partial charge >= 0.3 is 0 Å². The van der Waals surface area contributed by atoms with Gasteiger partial charge in [0.15, 0.2) is 0 Å². The molecule has 0 aliphatic rings. The van der Waals surface area contributed by atoms with E-state index in [1.807, 2.05) is 11.4 Å². The van der Waals surface area contributed by atoms with Crippen LogP contribution >= 0.6 is 22.9 Å². The van der Waals surface area contributed by atoms with Crippen molar-refractivity contribution in [3.8, 4) is 5.75 Å². The van der Waals surface area contributed by atoms with E-state index < -0.39 is 5.82 Å². The standard InChI is InChI=1S/C13H13ClFNOS/c1-17-9-6-13(18-7-9)12(16)5-8-2-3-11(15)10(14)4-8/h2-4,6-7,12H,5,16H2,1H3. The Morgan fingerprint density at radius 1 is 1.44 bits per heavy atom. The van der Waals surface area contributed by atoms with Gasteiger partial charge in [0.05, 0.1) is 12.1 Å². The number of thiophene rings is 1. The number of methoxy groups -OCH3 is 1. The lowest BCUT2D eigenvalue weighted by Crippen LogP contribution is -2.11. The minimum Gasteiger partial charge on any atom is -0.496 e. The molecule has 1 atom stereocenters. The highest BCUT2D eigenvalue weighted by Crippen LogP contribution is 2.28. The fourth-order valence-electron chi connectivity index (χ4n) is 1.66. The van der Waals surface area contributed by atoms with Crippen LogP contribution in [0.3, 0.4) is 0 Å². The molecule has 5 heteroatoms. The summed E-state index contributed by atoms with van der Waals surface area (Å²) in [6.45, 7) is 0. The van der Waals surface area contributed by atoms with Crippen molar-refractivity contribution in [1.82, 2.24) is 0 Å². The van der Waals surface area contributed by atoms with E-state index in [-0.39, 0.29) is 11.1 Å². The van der Waals surface area contributed by atoms with Gasteiger partial charge in [0.25, 0.3) is 0 Å². The summed E-state index contributed by atoms with van der Waals surface area (Å²) in [5.41, 5.74) is 7.02. The molecule has 2 nitrogen and oxygen atoms in total. The second-order valence-corrected chi connectivity index (χ2v) is 5.30. The van der Waals surface area contributed by atoms with Crippen LogP contribution in [0.4, 0.5) is 4.39 Å². The monoisotopic (exact) mass is 285 g/mol. The smallest absolute Gasteiger partial charge is 0.141 e. The molecule has 2 rings (SSSR count). The van der Waals surface area contributed by atoms with Crippen LogP contribution in [0.25, 0.3) is 0 Å². The fraction of sp³-hybridized carbons (Fsp3) is 0.231. The normalized spacial score (nSPS) is 12.4. The average Bonchev–Trinajstić information content (AvgIpc) is 2.82. The van der Waals surface area contributed by atoms with Crippen LogP contribution in [-0.4, -0.2) is 7.11 Å². The van der Waals surface area contributed by atoms with Gasteiger partial charge in [0, 0.05) is 16.3 Å². The van der Waals surface area contributed by atoms with Gasteiger partial charge in [-0.15, -0.1) is 11.3 Å². The SMILES string of the molecule is COc1csc(C(N)Cc2ccc(F)c(Cl)c2)c1. The minimum atomic E-state index is -0.410. The molecule has 0 spiro atoms. The molecule has 0 radical (unpaired) electrons. The second kappa shape index (κ2) is 5.69. The predicted molar refractivity (Wildman–Crippen MR) is 72.9 cm³/mol. The Kier molecular flexibility index (Phi) is 4.22. The summed E-state index contributed by atoms with van der Waals surface area (Å²) in [6, 6.07) is 6.45. The lowest BCUT2D eigenvalue weighted by Gasteiger charge is -2.09. The van der Waals surface area contributed by atoms with Crippen molar-refractivity contribution in [2.24, 2.45) is 5.73 Å². The van der Waals surface area contributed by atoms with Gasteiger partial charge in [-0.3, -0.25) is 0 Å². The van der Waals surface area contributed by atoms with E-state index in [9.17, 15) is 4.39 Å². The average molecular weight is 286 g/mol. The summed E-state index contributed by atoms with van der Waals surface area (Å²) in [4.78, 5) is 1.03. The van der Waals surface area contributed by atoms with Crippen LogP contribution in [0.5, 0.6) is 5.75 Å². The highest BCUT2D eigenvalue weighted by molar-refractivity contribution is 7.10. The molecule has 2 aromatic rings. The first-order valence-corrected chi connectivity index (χ1v) is 6.68. The highest BCUT2D eigenvalue weighted by atomic mass is 35.5. The maximum absolute atomic E-state index is 13.0. The summed E-state index contributed by atoms with van der Waals surface area (Å²) in [5.74, 6) is 0.398. The second-order valence-electron chi connectivity index (χ2n) is 3.95. The largest absolute Gasteiger partial charge is 0.496 e. The molecule has 0 aliphatic carbocycles. The molecule has 1 aromatic carbocycles. The van der Waals surface area contributed by atoms with Crippen LogP contribution in [0.2, 0.25) is 5.02 Å². The van der Waals surface area contributed by atoms with E-state index in [1.165, 1.54) is 6.07 Å². The summed E-state index contributed by atoms with van der Waals surface area (Å²) < 4.78 is 18.1. The third kappa shape index (κ3) is 3.02. The molecular formula is C13H13ClFNOS. The van der Waals surface area contributed by atoms with E-state index in [0.717, 1.165) is 16.2 Å². The quantitative estimate of drug-likeness (QED) is 0.927. The van der Waals surface area contributed by atoms with E-state index in [1.54, 1.807) is 30.6 Å². The first-order chi connectivity index (χ1) is 8.60. The topological polar surface area (TPSA) is 35.2 Å². The van der Waals surface area contributed by atoms with Gasteiger partial charge in [-0.25, -0.2) is 4.39 Å². The Morgan fingerprint density at radius 3 is 2.83 bits per heavy atom. The summed E-state index contributed by atoms with van der Waals surface area (Å²) >= 11 is 7.29. The van der Waals surface area contributed by atoms with Crippen molar-refractivity contribution in [1.29, 1.82) is 0 Å². The Hall–Kier alpha value is -1.10. The van der Waals surface area contributed by atoms with E-state index in [4.69, 9.17) is 22.1 Å². The van der Waals surface area contributed by atoms with Gasteiger partial charge in [0.1, 0.15) is 11.6 Å². The zero-order valence-electron chi connectivity index (χ0n) is 9.82. The highest BCUT2D eigenvalue weighted by Gasteiger charge is 2.11. The number of rotatable bonds is 4. The number of nitrogens with two attached hydrogens (primary N) is 1. The zero-order valence-corrected chi connectivity index (χ0v) is 11.4. The molecule has 0 aliphatic heterocycles. The molecule has 1 heterocycles. The van der Waals surface area contributed by atoms with Crippen LogP contribution in [-0.2, 0) is 6.42 Å². The minimum absolute atomic E-state index is 0.128. The number of ether oxygens (including phenoxy) is 1. The molecule has 1 aromatic heterocycles. The molecule has 0 amide bonds. The molecule has 0 saturated heterocycles. The van der Waals surface area contributed by atoms with Crippen LogP contribution < -0.4 is 10.5 Å². The van der Waals surface area contributed by atoms with Crippen molar-refractivity contribution >= 4 is 22.9 Å². The van der Waals surface area contributed by atoms with Crippen molar-refractivity contribution in [3.05, 3.63) is 50.9 Å². The van der Waals surface area contributed by atoms with Crippen molar-refractivity contribution in [2.45, 2.75) is 12.5 Å². The maximum Gasteiger partial charge on any atom is 0.141 e. The molecular weight excluding hydrogens is 273 g/mol. The number of hydrogen-bond donors (Lipinski definition) is 1. The van der Waals surface area contributed by atoms with Crippen LogP contribution in [0.15, 0.2) is 29.6 Å². The molecule has 0 saturated carbocycles. The van der Waals surface area contributed by atoms with E-state index in [2.05, 4.69) is 0 Å². The summed E-state index contributed by atoms with van der Waals surface area (Å²) in [7, 11) is 1.62. The Balaban J connectivity index is 2.10. The number of hydrogen-bond acceptors (Lipinski definition) is 3. The third-order valence-corrected chi connectivity index (χ3v) is 3.97. The summed E-state index contributed by atoms with van der Waals surface area (Å²) in [5, 5.41) is 2.04. The predicted octanol–water partition coefficient (Wildman–Crippen LogP) is 3.79. The summed E-state index contributed by atoms with van der Waals surface area (Å²) in [6.07, 6.45) is 0.615. The molecule has 2 N–H and O–H groups in total. The molecule has 1 unspecified atom stereocenters. The Bertz CT molecular complexity index is 544. The van der Waals surface area contributed by atoms with Crippen LogP contribution in [0, 0.1) is 5.82 Å².